The van der Waals surface area contributed by atoms with Crippen LogP contribution in [0.1, 0.15) is 26.7 Å². The number of rotatable bonds is 9. The van der Waals surface area contributed by atoms with Gasteiger partial charge in [-0.05, 0) is 38.5 Å². The lowest BCUT2D eigenvalue weighted by Gasteiger charge is -2.09. The van der Waals surface area contributed by atoms with E-state index in [9.17, 15) is 4.79 Å². The van der Waals surface area contributed by atoms with Crippen molar-refractivity contribution < 1.29 is 14.3 Å². The molecule has 5 nitrogen and oxygen atoms in total. The molecule has 3 N–H and O–H groups in total. The molecule has 21 heavy (non-hydrogen) atoms. The van der Waals surface area contributed by atoms with E-state index in [-0.39, 0.29) is 12.0 Å². The Balaban J connectivity index is 2.14. The maximum Gasteiger partial charge on any atom is 0.224 e. The van der Waals surface area contributed by atoms with Gasteiger partial charge in [-0.3, -0.25) is 4.79 Å². The average Bonchev–Trinajstić information content (AvgIpc) is 2.40. The Morgan fingerprint density at radius 3 is 2.76 bits per heavy atom. The van der Waals surface area contributed by atoms with E-state index in [0.29, 0.717) is 49.1 Å². The van der Waals surface area contributed by atoms with E-state index in [1.807, 2.05) is 13.8 Å². The number of hydrogen-bond acceptors (Lipinski definition) is 4. The van der Waals surface area contributed by atoms with Crippen molar-refractivity contribution in [3.05, 3.63) is 23.2 Å². The van der Waals surface area contributed by atoms with Gasteiger partial charge in [0.1, 0.15) is 0 Å². The summed E-state index contributed by atoms with van der Waals surface area (Å²) in [6.07, 6.45) is 1.25. The first-order valence-corrected chi connectivity index (χ1v) is 7.41. The monoisotopic (exact) mass is 314 g/mol. The molecule has 0 unspecified atom stereocenters. The summed E-state index contributed by atoms with van der Waals surface area (Å²) >= 11 is 5.98. The predicted molar refractivity (Wildman–Crippen MR) is 85.6 cm³/mol. The Labute approximate surface area is 130 Å². The molecule has 0 aliphatic rings. The summed E-state index contributed by atoms with van der Waals surface area (Å²) in [5.74, 6) is -0.0938. The van der Waals surface area contributed by atoms with E-state index >= 15 is 0 Å². The molecule has 0 aliphatic heterocycles. The quantitative estimate of drug-likeness (QED) is 0.542. The van der Waals surface area contributed by atoms with Gasteiger partial charge in [0.25, 0.3) is 0 Å². The molecule has 1 aromatic rings. The second kappa shape index (κ2) is 9.60. The molecule has 0 aromatic heterocycles. The largest absolute Gasteiger partial charge is 0.399 e. The molecule has 0 radical (unpaired) electrons. The lowest BCUT2D eigenvalue weighted by atomic mass is 10.2. The lowest BCUT2D eigenvalue weighted by Crippen LogP contribution is -2.14. The number of nitrogens with two attached hydrogens (primary N) is 1. The summed E-state index contributed by atoms with van der Waals surface area (Å²) in [6, 6.07) is 4.99. The van der Waals surface area contributed by atoms with Gasteiger partial charge in [-0.1, -0.05) is 11.6 Å². The van der Waals surface area contributed by atoms with Crippen molar-refractivity contribution in [1.82, 2.24) is 0 Å². The molecule has 1 rings (SSSR count). The number of ether oxygens (including phenoxy) is 2. The minimum atomic E-state index is -0.0938. The van der Waals surface area contributed by atoms with Gasteiger partial charge in [0.2, 0.25) is 5.91 Å². The van der Waals surface area contributed by atoms with Crippen molar-refractivity contribution in [2.75, 3.05) is 30.9 Å². The third-order valence-corrected chi connectivity index (χ3v) is 2.95. The second-order valence-corrected chi connectivity index (χ2v) is 5.33. The van der Waals surface area contributed by atoms with Crippen LogP contribution in [0.15, 0.2) is 18.2 Å². The van der Waals surface area contributed by atoms with E-state index in [4.69, 9.17) is 26.8 Å². The number of carbonyl (C=O) groups excluding carboxylic acids is 1. The smallest absolute Gasteiger partial charge is 0.224 e. The normalized spacial score (nSPS) is 10.9. The van der Waals surface area contributed by atoms with Gasteiger partial charge in [-0.25, -0.2) is 0 Å². The molecular formula is C15H23ClN2O3. The van der Waals surface area contributed by atoms with Crippen LogP contribution in [-0.2, 0) is 14.3 Å². The molecule has 0 saturated carbocycles. The highest BCUT2D eigenvalue weighted by Gasteiger charge is 2.06. The predicted octanol–water partition coefficient (Wildman–Crippen LogP) is 3.08. The number of nitrogens with one attached hydrogen (secondary N) is 1. The first-order chi connectivity index (χ1) is 9.99. The van der Waals surface area contributed by atoms with Gasteiger partial charge >= 0.3 is 0 Å². The Morgan fingerprint density at radius 1 is 1.33 bits per heavy atom. The molecule has 0 fully saturated rings. The van der Waals surface area contributed by atoms with Gasteiger partial charge in [-0.15, -0.1) is 0 Å². The zero-order valence-electron chi connectivity index (χ0n) is 12.5. The molecule has 6 heteroatoms. The number of nitrogen functional groups attached to an aromatic ring is 1. The van der Waals surface area contributed by atoms with Crippen molar-refractivity contribution >= 4 is 28.9 Å². The number of benzene rings is 1. The van der Waals surface area contributed by atoms with Crippen LogP contribution in [0.3, 0.4) is 0 Å². The SMILES string of the molecule is CC(C)OCCOCCCC(=O)Nc1ccc(N)cc1Cl. The summed E-state index contributed by atoms with van der Waals surface area (Å²) in [5, 5.41) is 3.18. The van der Waals surface area contributed by atoms with Crippen LogP contribution in [0.4, 0.5) is 11.4 Å². The molecule has 1 amide bonds. The zero-order valence-corrected chi connectivity index (χ0v) is 13.3. The Bertz CT molecular complexity index is 453. The number of anilines is 2. The molecule has 118 valence electrons. The molecule has 0 spiro atoms. The fraction of sp³-hybridized carbons (Fsp3) is 0.533. The van der Waals surface area contributed by atoms with E-state index in [1.165, 1.54) is 0 Å². The average molecular weight is 315 g/mol. The topological polar surface area (TPSA) is 73.6 Å². The van der Waals surface area contributed by atoms with E-state index in [0.717, 1.165) is 0 Å². The van der Waals surface area contributed by atoms with Gasteiger partial charge in [0.15, 0.2) is 0 Å². The van der Waals surface area contributed by atoms with Gasteiger partial charge in [0, 0.05) is 18.7 Å². The van der Waals surface area contributed by atoms with Gasteiger partial charge in [0.05, 0.1) is 30.0 Å². The van der Waals surface area contributed by atoms with Crippen LogP contribution in [0.5, 0.6) is 0 Å². The minimum absolute atomic E-state index is 0.0938. The minimum Gasteiger partial charge on any atom is -0.399 e. The van der Waals surface area contributed by atoms with Crippen LogP contribution in [-0.4, -0.2) is 31.8 Å². The number of halogens is 1. The first kappa shape index (κ1) is 17.8. The Morgan fingerprint density at radius 2 is 2.10 bits per heavy atom. The summed E-state index contributed by atoms with van der Waals surface area (Å²) in [4.78, 5) is 11.7. The van der Waals surface area contributed by atoms with Crippen LogP contribution in [0.25, 0.3) is 0 Å². The zero-order chi connectivity index (χ0) is 15.7. The maximum atomic E-state index is 11.7. The molecule has 0 saturated heterocycles. The fourth-order valence-electron chi connectivity index (χ4n) is 1.63. The van der Waals surface area contributed by atoms with Crippen LogP contribution >= 0.6 is 11.6 Å². The second-order valence-electron chi connectivity index (χ2n) is 4.92. The fourth-order valence-corrected chi connectivity index (χ4v) is 1.86. The number of hydrogen-bond donors (Lipinski definition) is 2. The Kier molecular flexibility index (Phi) is 8.12. The lowest BCUT2D eigenvalue weighted by molar-refractivity contribution is -0.116. The molecule has 1 aromatic carbocycles. The highest BCUT2D eigenvalue weighted by molar-refractivity contribution is 6.34. The summed E-state index contributed by atoms with van der Waals surface area (Å²) < 4.78 is 10.7. The molecule has 0 aliphatic carbocycles. The van der Waals surface area contributed by atoms with Crippen molar-refractivity contribution in [3.63, 3.8) is 0 Å². The van der Waals surface area contributed by atoms with Crippen molar-refractivity contribution in [1.29, 1.82) is 0 Å². The standard InChI is InChI=1S/C15H23ClN2O3/c1-11(2)21-9-8-20-7-3-4-15(19)18-14-6-5-12(17)10-13(14)16/h5-6,10-11H,3-4,7-9,17H2,1-2H3,(H,18,19). The summed E-state index contributed by atoms with van der Waals surface area (Å²) in [6.45, 7) is 5.61. The third-order valence-electron chi connectivity index (χ3n) is 2.64. The van der Waals surface area contributed by atoms with Crippen LogP contribution in [0, 0.1) is 0 Å². The van der Waals surface area contributed by atoms with Crippen molar-refractivity contribution in [2.45, 2.75) is 32.8 Å². The summed E-state index contributed by atoms with van der Waals surface area (Å²) in [7, 11) is 0. The molecule has 0 heterocycles. The molecular weight excluding hydrogens is 292 g/mol. The van der Waals surface area contributed by atoms with Crippen molar-refractivity contribution in [2.24, 2.45) is 0 Å². The first-order valence-electron chi connectivity index (χ1n) is 7.03. The summed E-state index contributed by atoms with van der Waals surface area (Å²) in [5.41, 5.74) is 6.73. The van der Waals surface area contributed by atoms with Gasteiger partial charge in [-0.2, -0.15) is 0 Å². The molecule has 0 atom stereocenters. The van der Waals surface area contributed by atoms with Crippen molar-refractivity contribution in [3.8, 4) is 0 Å². The van der Waals surface area contributed by atoms with E-state index in [2.05, 4.69) is 5.32 Å². The van der Waals surface area contributed by atoms with Crippen LogP contribution in [0.2, 0.25) is 5.02 Å². The maximum absolute atomic E-state index is 11.7. The molecule has 0 bridgehead atoms. The van der Waals surface area contributed by atoms with E-state index < -0.39 is 0 Å². The highest BCUT2D eigenvalue weighted by atomic mass is 35.5. The van der Waals surface area contributed by atoms with E-state index in [1.54, 1.807) is 18.2 Å². The Hall–Kier alpha value is -1.30. The highest BCUT2D eigenvalue weighted by Crippen LogP contribution is 2.24. The number of amides is 1. The van der Waals surface area contributed by atoms with Gasteiger partial charge < -0.3 is 20.5 Å². The van der Waals surface area contributed by atoms with Crippen LogP contribution < -0.4 is 11.1 Å². The third kappa shape index (κ3) is 7.90. The number of carbonyl (C=O) groups is 1.